The van der Waals surface area contributed by atoms with Gasteiger partial charge in [-0.3, -0.25) is 4.79 Å². The summed E-state index contributed by atoms with van der Waals surface area (Å²) < 4.78 is 0. The van der Waals surface area contributed by atoms with Crippen LogP contribution in [0.3, 0.4) is 0 Å². The molecule has 0 atom stereocenters. The molecule has 1 aliphatic rings. The minimum atomic E-state index is 0.204. The van der Waals surface area contributed by atoms with Crippen molar-refractivity contribution in [3.05, 3.63) is 41.5 Å². The number of amides is 1. The molecule has 1 fully saturated rings. The molecule has 7 heteroatoms. The minimum absolute atomic E-state index is 0.204. The van der Waals surface area contributed by atoms with Crippen LogP contribution in [0.2, 0.25) is 0 Å². The van der Waals surface area contributed by atoms with E-state index in [2.05, 4.69) is 46.3 Å². The Labute approximate surface area is 169 Å². The maximum Gasteiger partial charge on any atom is 0.224 e. The van der Waals surface area contributed by atoms with Crippen molar-refractivity contribution in [3.8, 4) is 11.1 Å². The molecule has 3 aromatic rings. The molecule has 1 aliphatic heterocycles. The fraction of sp³-hybridized carbons (Fsp3) is 0.381. The van der Waals surface area contributed by atoms with E-state index in [0.717, 1.165) is 47.8 Å². The summed E-state index contributed by atoms with van der Waals surface area (Å²) in [7, 11) is 2.09. The molecule has 0 spiro atoms. The van der Waals surface area contributed by atoms with Crippen LogP contribution >= 0.6 is 11.3 Å². The lowest BCUT2D eigenvalue weighted by atomic mass is 10.0. The van der Waals surface area contributed by atoms with Gasteiger partial charge in [-0.15, -0.1) is 11.3 Å². The molecule has 4 rings (SSSR count). The molecule has 0 aliphatic carbocycles. The molecule has 0 radical (unpaired) electrons. The van der Waals surface area contributed by atoms with Crippen LogP contribution in [-0.2, 0) is 4.79 Å². The zero-order chi connectivity index (χ0) is 19.5. The Morgan fingerprint density at radius 3 is 2.64 bits per heavy atom. The molecule has 6 nitrogen and oxygen atoms in total. The summed E-state index contributed by atoms with van der Waals surface area (Å²) in [6, 6.07) is 10.3. The van der Waals surface area contributed by atoms with E-state index in [9.17, 15) is 4.79 Å². The van der Waals surface area contributed by atoms with E-state index in [4.69, 9.17) is 0 Å². The van der Waals surface area contributed by atoms with Crippen LogP contribution in [0.25, 0.3) is 21.3 Å². The number of carbonyl (C=O) groups excluding carboxylic acids is 1. The second kappa shape index (κ2) is 8.24. The lowest BCUT2D eigenvalue weighted by Crippen LogP contribution is -2.47. The molecule has 3 heterocycles. The van der Waals surface area contributed by atoms with Crippen molar-refractivity contribution in [2.24, 2.45) is 0 Å². The predicted molar refractivity (Wildman–Crippen MR) is 115 cm³/mol. The monoisotopic (exact) mass is 395 g/mol. The van der Waals surface area contributed by atoms with Crippen LogP contribution in [0.1, 0.15) is 11.3 Å². The Kier molecular flexibility index (Phi) is 5.54. The molecule has 1 amide bonds. The number of aryl methyl sites for hydroxylation is 1. The first kappa shape index (κ1) is 18.8. The van der Waals surface area contributed by atoms with Crippen molar-refractivity contribution in [1.82, 2.24) is 19.8 Å². The van der Waals surface area contributed by atoms with Crippen LogP contribution in [-0.4, -0.2) is 65.4 Å². The maximum absolute atomic E-state index is 12.5. The van der Waals surface area contributed by atoms with Crippen molar-refractivity contribution in [1.29, 1.82) is 0 Å². The van der Waals surface area contributed by atoms with Gasteiger partial charge in [-0.1, -0.05) is 30.3 Å². The number of thiophene rings is 1. The average Bonchev–Trinajstić information content (AvgIpc) is 3.05. The van der Waals surface area contributed by atoms with Crippen molar-refractivity contribution in [2.75, 3.05) is 45.1 Å². The summed E-state index contributed by atoms with van der Waals surface area (Å²) in [5, 5.41) is 4.43. The normalized spacial score (nSPS) is 15.1. The molecular weight excluding hydrogens is 370 g/mol. The van der Waals surface area contributed by atoms with Gasteiger partial charge in [0.05, 0.1) is 5.39 Å². The molecule has 1 aromatic carbocycles. The zero-order valence-corrected chi connectivity index (χ0v) is 17.1. The third-order valence-corrected chi connectivity index (χ3v) is 6.23. The van der Waals surface area contributed by atoms with Gasteiger partial charge in [0, 0.05) is 49.6 Å². The smallest absolute Gasteiger partial charge is 0.224 e. The summed E-state index contributed by atoms with van der Waals surface area (Å²) in [6.07, 6.45) is 2.07. The van der Waals surface area contributed by atoms with Gasteiger partial charge < -0.3 is 15.1 Å². The molecule has 1 saturated heterocycles. The second-order valence-electron chi connectivity index (χ2n) is 7.16. The molecule has 28 heavy (non-hydrogen) atoms. The SMILES string of the molecule is Cc1sc2ncnc(NCCC(=O)N3CCN(C)CC3)c2c1-c1ccccc1. The zero-order valence-electron chi connectivity index (χ0n) is 16.3. The summed E-state index contributed by atoms with van der Waals surface area (Å²) in [5.74, 6) is 1.01. The third-order valence-electron chi connectivity index (χ3n) is 5.21. The lowest BCUT2D eigenvalue weighted by Gasteiger charge is -2.32. The van der Waals surface area contributed by atoms with Crippen molar-refractivity contribution < 1.29 is 4.79 Å². The molecule has 0 bridgehead atoms. The average molecular weight is 396 g/mol. The number of piperazine rings is 1. The summed E-state index contributed by atoms with van der Waals surface area (Å²) in [6.45, 7) is 6.21. The Bertz CT molecular complexity index is 964. The van der Waals surface area contributed by atoms with Crippen molar-refractivity contribution in [3.63, 3.8) is 0 Å². The Balaban J connectivity index is 1.51. The van der Waals surface area contributed by atoms with Gasteiger partial charge in [0.1, 0.15) is 17.0 Å². The Hall–Kier alpha value is -2.51. The van der Waals surface area contributed by atoms with E-state index < -0.39 is 0 Å². The van der Waals surface area contributed by atoms with E-state index in [0.29, 0.717) is 13.0 Å². The molecule has 1 N–H and O–H groups in total. The fourth-order valence-electron chi connectivity index (χ4n) is 3.63. The number of aromatic nitrogens is 2. The van der Waals surface area contributed by atoms with Gasteiger partial charge >= 0.3 is 0 Å². The summed E-state index contributed by atoms with van der Waals surface area (Å²) >= 11 is 1.68. The number of hydrogen-bond donors (Lipinski definition) is 1. The van der Waals surface area contributed by atoms with Gasteiger partial charge in [0.2, 0.25) is 5.91 Å². The number of anilines is 1. The highest BCUT2D eigenvalue weighted by atomic mass is 32.1. The highest BCUT2D eigenvalue weighted by Gasteiger charge is 2.19. The predicted octanol–water partition coefficient (Wildman–Crippen LogP) is 3.24. The third kappa shape index (κ3) is 3.86. The molecule has 146 valence electrons. The number of nitrogens with zero attached hydrogens (tertiary/aromatic N) is 4. The number of nitrogens with one attached hydrogen (secondary N) is 1. The summed E-state index contributed by atoms with van der Waals surface area (Å²) in [5.41, 5.74) is 2.34. The van der Waals surface area contributed by atoms with Crippen LogP contribution in [0, 0.1) is 6.92 Å². The minimum Gasteiger partial charge on any atom is -0.369 e. The number of likely N-dealkylation sites (N-methyl/N-ethyl adjacent to an activating group) is 1. The highest BCUT2D eigenvalue weighted by molar-refractivity contribution is 7.19. The number of benzene rings is 1. The van der Waals surface area contributed by atoms with E-state index in [-0.39, 0.29) is 5.91 Å². The number of hydrogen-bond acceptors (Lipinski definition) is 6. The first-order chi connectivity index (χ1) is 13.6. The van der Waals surface area contributed by atoms with Crippen LogP contribution in [0.5, 0.6) is 0 Å². The second-order valence-corrected chi connectivity index (χ2v) is 8.37. The van der Waals surface area contributed by atoms with Gasteiger partial charge in [-0.05, 0) is 19.5 Å². The van der Waals surface area contributed by atoms with E-state index in [1.807, 2.05) is 23.1 Å². The van der Waals surface area contributed by atoms with Gasteiger partial charge in [-0.25, -0.2) is 9.97 Å². The van der Waals surface area contributed by atoms with E-state index in [1.54, 1.807) is 17.7 Å². The maximum atomic E-state index is 12.5. The van der Waals surface area contributed by atoms with Crippen LogP contribution in [0.4, 0.5) is 5.82 Å². The number of carbonyl (C=O) groups is 1. The molecule has 2 aromatic heterocycles. The van der Waals surface area contributed by atoms with Gasteiger partial charge in [0.15, 0.2) is 0 Å². The van der Waals surface area contributed by atoms with Crippen LogP contribution < -0.4 is 5.32 Å². The fourth-order valence-corrected chi connectivity index (χ4v) is 4.65. The molecular formula is C21H25N5OS. The summed E-state index contributed by atoms with van der Waals surface area (Å²) in [4.78, 5) is 27.8. The van der Waals surface area contributed by atoms with E-state index >= 15 is 0 Å². The highest BCUT2D eigenvalue weighted by Crippen LogP contribution is 2.40. The Morgan fingerprint density at radius 2 is 1.89 bits per heavy atom. The number of fused-ring (bicyclic) bond motifs is 1. The molecule has 0 unspecified atom stereocenters. The quantitative estimate of drug-likeness (QED) is 0.719. The lowest BCUT2D eigenvalue weighted by molar-refractivity contribution is -0.132. The number of rotatable bonds is 5. The standard InChI is InChI=1S/C21H25N5OS/c1-15-18(16-6-4-3-5-7-16)19-20(23-14-24-21(19)28-15)22-9-8-17(27)26-12-10-25(2)11-13-26/h3-7,14H,8-13H2,1-2H3,(H,22,23,24). The van der Waals surface area contributed by atoms with Crippen molar-refractivity contribution in [2.45, 2.75) is 13.3 Å². The molecule has 0 saturated carbocycles. The Morgan fingerprint density at radius 1 is 1.14 bits per heavy atom. The topological polar surface area (TPSA) is 61.4 Å². The van der Waals surface area contributed by atoms with Gasteiger partial charge in [-0.2, -0.15) is 0 Å². The van der Waals surface area contributed by atoms with E-state index in [1.165, 1.54) is 10.4 Å². The first-order valence-corrected chi connectivity index (χ1v) is 10.4. The van der Waals surface area contributed by atoms with Crippen LogP contribution in [0.15, 0.2) is 36.7 Å². The first-order valence-electron chi connectivity index (χ1n) is 9.63. The van der Waals surface area contributed by atoms with Gasteiger partial charge in [0.25, 0.3) is 0 Å². The largest absolute Gasteiger partial charge is 0.369 e. The van der Waals surface area contributed by atoms with Crippen molar-refractivity contribution >= 4 is 33.3 Å².